The Bertz CT molecular complexity index is 368. The van der Waals surface area contributed by atoms with Gasteiger partial charge in [-0.05, 0) is 24.9 Å². The highest BCUT2D eigenvalue weighted by atomic mass is 35.5. The molecule has 1 rings (SSSR count). The summed E-state index contributed by atoms with van der Waals surface area (Å²) in [5.41, 5.74) is 6.30. The van der Waals surface area contributed by atoms with Crippen molar-refractivity contribution in [2.45, 2.75) is 26.4 Å². The third-order valence-corrected chi connectivity index (χ3v) is 2.96. The number of rotatable bonds is 6. The Morgan fingerprint density at radius 3 is 2.82 bits per heavy atom. The van der Waals surface area contributed by atoms with Gasteiger partial charge in [-0.1, -0.05) is 36.7 Å². The monoisotopic (exact) mass is 255 g/mol. The molecule has 0 bridgehead atoms. The molecule has 17 heavy (non-hydrogen) atoms. The zero-order valence-electron chi connectivity index (χ0n) is 9.99. The standard InChI is InChI=1S/C13H18ClNO2/c1-10(8-15)6-7-13(16)17-9-11-4-2-3-5-12(11)14/h2-5,10H,6-9,15H2,1H3. The zero-order chi connectivity index (χ0) is 12.7. The van der Waals surface area contributed by atoms with Gasteiger partial charge in [0, 0.05) is 17.0 Å². The Labute approximate surface area is 107 Å². The number of carbonyl (C=O) groups excluding carboxylic acids is 1. The first-order valence-electron chi connectivity index (χ1n) is 5.72. The lowest BCUT2D eigenvalue weighted by atomic mass is 10.1. The Balaban J connectivity index is 2.31. The second-order valence-corrected chi connectivity index (χ2v) is 4.54. The van der Waals surface area contributed by atoms with Crippen molar-refractivity contribution in [3.63, 3.8) is 0 Å². The molecule has 0 aliphatic heterocycles. The number of benzene rings is 1. The summed E-state index contributed by atoms with van der Waals surface area (Å²) in [4.78, 5) is 11.4. The zero-order valence-corrected chi connectivity index (χ0v) is 10.7. The molecular weight excluding hydrogens is 238 g/mol. The molecule has 0 aliphatic rings. The van der Waals surface area contributed by atoms with E-state index in [4.69, 9.17) is 22.1 Å². The molecule has 0 amide bonds. The Morgan fingerprint density at radius 1 is 1.47 bits per heavy atom. The Hall–Kier alpha value is -1.06. The van der Waals surface area contributed by atoms with E-state index in [1.54, 1.807) is 6.07 Å². The van der Waals surface area contributed by atoms with E-state index in [2.05, 4.69) is 0 Å². The van der Waals surface area contributed by atoms with Crippen molar-refractivity contribution in [1.82, 2.24) is 0 Å². The van der Waals surface area contributed by atoms with Crippen molar-refractivity contribution in [2.75, 3.05) is 6.54 Å². The van der Waals surface area contributed by atoms with E-state index in [1.807, 2.05) is 25.1 Å². The van der Waals surface area contributed by atoms with Crippen molar-refractivity contribution in [3.05, 3.63) is 34.9 Å². The fraction of sp³-hybridized carbons (Fsp3) is 0.462. The molecule has 0 radical (unpaired) electrons. The summed E-state index contributed by atoms with van der Waals surface area (Å²) in [5.74, 6) is 0.146. The number of hydrogen-bond donors (Lipinski definition) is 1. The highest BCUT2D eigenvalue weighted by molar-refractivity contribution is 6.31. The minimum absolute atomic E-state index is 0.204. The number of halogens is 1. The number of nitrogens with two attached hydrogens (primary N) is 1. The van der Waals surface area contributed by atoms with Crippen LogP contribution in [0, 0.1) is 5.92 Å². The molecule has 1 atom stereocenters. The van der Waals surface area contributed by atoms with Crippen molar-refractivity contribution in [1.29, 1.82) is 0 Å². The van der Waals surface area contributed by atoms with Crippen LogP contribution in [0.5, 0.6) is 0 Å². The fourth-order valence-corrected chi connectivity index (χ4v) is 1.52. The summed E-state index contributed by atoms with van der Waals surface area (Å²) in [6.07, 6.45) is 1.17. The van der Waals surface area contributed by atoms with Crippen molar-refractivity contribution >= 4 is 17.6 Å². The van der Waals surface area contributed by atoms with Crippen LogP contribution in [0.25, 0.3) is 0 Å². The average Bonchev–Trinajstić information content (AvgIpc) is 2.35. The Morgan fingerprint density at radius 2 is 2.18 bits per heavy atom. The van der Waals surface area contributed by atoms with Crippen LogP contribution in [0.2, 0.25) is 5.02 Å². The second-order valence-electron chi connectivity index (χ2n) is 4.13. The number of esters is 1. The highest BCUT2D eigenvalue weighted by Gasteiger charge is 2.07. The average molecular weight is 256 g/mol. The molecule has 2 N–H and O–H groups in total. The lowest BCUT2D eigenvalue weighted by Gasteiger charge is -2.09. The van der Waals surface area contributed by atoms with E-state index in [-0.39, 0.29) is 12.6 Å². The molecule has 0 saturated carbocycles. The summed E-state index contributed by atoms with van der Waals surface area (Å²) in [6, 6.07) is 7.33. The molecule has 0 aliphatic carbocycles. The lowest BCUT2D eigenvalue weighted by Crippen LogP contribution is -2.13. The maximum absolute atomic E-state index is 11.4. The minimum atomic E-state index is -0.204. The summed E-state index contributed by atoms with van der Waals surface area (Å²) in [6.45, 7) is 2.84. The molecule has 0 heterocycles. The molecule has 0 aromatic heterocycles. The molecule has 0 spiro atoms. The predicted octanol–water partition coefficient (Wildman–Crippen LogP) is 2.76. The fourth-order valence-electron chi connectivity index (χ4n) is 1.33. The molecule has 1 aromatic carbocycles. The molecule has 1 unspecified atom stereocenters. The number of carbonyl (C=O) groups is 1. The van der Waals surface area contributed by atoms with Crippen LogP contribution < -0.4 is 5.73 Å². The van der Waals surface area contributed by atoms with Gasteiger partial charge in [0.1, 0.15) is 6.61 Å². The van der Waals surface area contributed by atoms with E-state index in [1.165, 1.54) is 0 Å². The van der Waals surface area contributed by atoms with Crippen LogP contribution in [0.1, 0.15) is 25.3 Å². The van der Waals surface area contributed by atoms with E-state index < -0.39 is 0 Å². The lowest BCUT2D eigenvalue weighted by molar-refractivity contribution is -0.145. The van der Waals surface area contributed by atoms with Crippen molar-refractivity contribution < 1.29 is 9.53 Å². The summed E-state index contributed by atoms with van der Waals surface area (Å²) >= 11 is 5.95. The van der Waals surface area contributed by atoms with Crippen LogP contribution in [-0.2, 0) is 16.1 Å². The summed E-state index contributed by atoms with van der Waals surface area (Å²) in [5, 5.41) is 0.621. The van der Waals surface area contributed by atoms with Gasteiger partial charge in [-0.2, -0.15) is 0 Å². The van der Waals surface area contributed by atoms with E-state index in [0.717, 1.165) is 12.0 Å². The molecule has 0 fully saturated rings. The third-order valence-electron chi connectivity index (χ3n) is 2.59. The topological polar surface area (TPSA) is 52.3 Å². The van der Waals surface area contributed by atoms with Gasteiger partial charge in [-0.15, -0.1) is 0 Å². The van der Waals surface area contributed by atoms with Crippen LogP contribution >= 0.6 is 11.6 Å². The SMILES string of the molecule is CC(CN)CCC(=O)OCc1ccccc1Cl. The molecule has 0 saturated heterocycles. The van der Waals surface area contributed by atoms with Gasteiger partial charge in [0.2, 0.25) is 0 Å². The van der Waals surface area contributed by atoms with Gasteiger partial charge < -0.3 is 10.5 Å². The normalized spacial score (nSPS) is 12.2. The van der Waals surface area contributed by atoms with Gasteiger partial charge in [-0.25, -0.2) is 0 Å². The third kappa shape index (κ3) is 5.20. The van der Waals surface area contributed by atoms with Gasteiger partial charge >= 0.3 is 5.97 Å². The van der Waals surface area contributed by atoms with Gasteiger partial charge in [0.15, 0.2) is 0 Å². The van der Waals surface area contributed by atoms with Crippen molar-refractivity contribution in [3.8, 4) is 0 Å². The molecule has 1 aromatic rings. The Kier molecular flexibility index (Phi) is 6.01. The van der Waals surface area contributed by atoms with E-state index in [9.17, 15) is 4.79 Å². The largest absolute Gasteiger partial charge is 0.461 e. The smallest absolute Gasteiger partial charge is 0.306 e. The maximum atomic E-state index is 11.4. The summed E-state index contributed by atoms with van der Waals surface area (Å²) in [7, 11) is 0. The van der Waals surface area contributed by atoms with Crippen LogP contribution in [-0.4, -0.2) is 12.5 Å². The van der Waals surface area contributed by atoms with Crippen LogP contribution in [0.15, 0.2) is 24.3 Å². The molecular formula is C13H18ClNO2. The molecule has 94 valence electrons. The number of hydrogen-bond acceptors (Lipinski definition) is 3. The van der Waals surface area contributed by atoms with Crippen LogP contribution in [0.3, 0.4) is 0 Å². The first-order valence-corrected chi connectivity index (χ1v) is 6.10. The van der Waals surface area contributed by atoms with Gasteiger partial charge in [0.25, 0.3) is 0 Å². The van der Waals surface area contributed by atoms with Gasteiger partial charge in [0.05, 0.1) is 0 Å². The van der Waals surface area contributed by atoms with E-state index >= 15 is 0 Å². The van der Waals surface area contributed by atoms with E-state index in [0.29, 0.717) is 23.9 Å². The predicted molar refractivity (Wildman–Crippen MR) is 68.7 cm³/mol. The van der Waals surface area contributed by atoms with Crippen molar-refractivity contribution in [2.24, 2.45) is 11.7 Å². The maximum Gasteiger partial charge on any atom is 0.306 e. The molecule has 3 nitrogen and oxygen atoms in total. The number of ether oxygens (including phenoxy) is 1. The highest BCUT2D eigenvalue weighted by Crippen LogP contribution is 2.16. The second kappa shape index (κ2) is 7.30. The van der Waals surface area contributed by atoms with Gasteiger partial charge in [-0.3, -0.25) is 4.79 Å². The molecule has 4 heteroatoms. The minimum Gasteiger partial charge on any atom is -0.461 e. The quantitative estimate of drug-likeness (QED) is 0.796. The van der Waals surface area contributed by atoms with Crippen LogP contribution in [0.4, 0.5) is 0 Å². The summed E-state index contributed by atoms with van der Waals surface area (Å²) < 4.78 is 5.14. The first kappa shape index (κ1) is 14.0. The first-order chi connectivity index (χ1) is 8.13.